The highest BCUT2D eigenvalue weighted by molar-refractivity contribution is 7.15. The standard InChI is InChI=1S/C27H21ClN4O4S/c28-23-8-4-5-9-24(23)35-15-14-34-22-12-10-19(11-13-22)16-20(17-29)26(33)30-27-32-31-25(37-27)18-36-21-6-2-1-3-7-21/h1-13,16H,14-15,18H2,(H,30,32,33). The molecule has 4 aromatic rings. The summed E-state index contributed by atoms with van der Waals surface area (Å²) in [5, 5.41) is 21.5. The van der Waals surface area contributed by atoms with Gasteiger partial charge >= 0.3 is 0 Å². The topological polar surface area (TPSA) is 106 Å². The van der Waals surface area contributed by atoms with Gasteiger partial charge in [0.2, 0.25) is 5.13 Å². The molecular formula is C27H21ClN4O4S. The molecule has 37 heavy (non-hydrogen) atoms. The lowest BCUT2D eigenvalue weighted by atomic mass is 10.1. The number of hydrogen-bond acceptors (Lipinski definition) is 8. The molecule has 0 radical (unpaired) electrons. The molecule has 3 aromatic carbocycles. The Hall–Kier alpha value is -4.39. The zero-order valence-electron chi connectivity index (χ0n) is 19.5. The van der Waals surface area contributed by atoms with Crippen molar-refractivity contribution in [3.05, 3.63) is 100 Å². The second-order valence-electron chi connectivity index (χ2n) is 7.42. The monoisotopic (exact) mass is 532 g/mol. The van der Waals surface area contributed by atoms with Crippen molar-refractivity contribution in [1.82, 2.24) is 10.2 Å². The number of anilines is 1. The minimum Gasteiger partial charge on any atom is -0.490 e. The number of hydrogen-bond donors (Lipinski definition) is 1. The molecule has 1 aromatic heterocycles. The lowest BCUT2D eigenvalue weighted by Gasteiger charge is -2.09. The molecule has 10 heteroatoms. The molecule has 0 unspecified atom stereocenters. The third-order valence-electron chi connectivity index (χ3n) is 4.80. The van der Waals surface area contributed by atoms with E-state index in [1.807, 2.05) is 48.5 Å². The van der Waals surface area contributed by atoms with Gasteiger partial charge in [-0.2, -0.15) is 5.26 Å². The maximum atomic E-state index is 12.6. The van der Waals surface area contributed by atoms with Gasteiger partial charge in [-0.05, 0) is 48.0 Å². The molecule has 1 N–H and O–H groups in total. The van der Waals surface area contributed by atoms with Gasteiger partial charge in [-0.3, -0.25) is 10.1 Å². The summed E-state index contributed by atoms with van der Waals surface area (Å²) in [5.74, 6) is 1.36. The third kappa shape index (κ3) is 7.80. The zero-order chi connectivity index (χ0) is 25.9. The first-order chi connectivity index (χ1) is 18.1. The van der Waals surface area contributed by atoms with Crippen molar-refractivity contribution in [2.75, 3.05) is 18.5 Å². The molecular weight excluding hydrogens is 512 g/mol. The van der Waals surface area contributed by atoms with E-state index in [-0.39, 0.29) is 17.3 Å². The van der Waals surface area contributed by atoms with Crippen molar-refractivity contribution >= 4 is 40.1 Å². The Labute approximate surface area is 222 Å². The van der Waals surface area contributed by atoms with E-state index in [0.29, 0.717) is 46.1 Å². The Morgan fingerprint density at radius 2 is 1.62 bits per heavy atom. The molecule has 186 valence electrons. The van der Waals surface area contributed by atoms with Crippen molar-refractivity contribution in [2.24, 2.45) is 0 Å². The Morgan fingerprint density at radius 3 is 2.38 bits per heavy atom. The highest BCUT2D eigenvalue weighted by Gasteiger charge is 2.13. The van der Waals surface area contributed by atoms with Gasteiger partial charge < -0.3 is 14.2 Å². The summed E-state index contributed by atoms with van der Waals surface area (Å²) in [6, 6.07) is 25.5. The molecule has 8 nitrogen and oxygen atoms in total. The number of carbonyl (C=O) groups is 1. The van der Waals surface area contributed by atoms with Crippen LogP contribution in [0.25, 0.3) is 6.08 Å². The molecule has 0 bridgehead atoms. The summed E-state index contributed by atoms with van der Waals surface area (Å²) < 4.78 is 16.9. The number of benzene rings is 3. The SMILES string of the molecule is N#CC(=Cc1ccc(OCCOc2ccccc2Cl)cc1)C(=O)Nc1nnc(COc2ccccc2)s1. The molecule has 1 amide bonds. The number of nitrogens with one attached hydrogen (secondary N) is 1. The second-order valence-corrected chi connectivity index (χ2v) is 8.89. The fourth-order valence-electron chi connectivity index (χ4n) is 3.04. The smallest absolute Gasteiger partial charge is 0.268 e. The highest BCUT2D eigenvalue weighted by atomic mass is 35.5. The van der Waals surface area contributed by atoms with Crippen LogP contribution in [0.15, 0.2) is 84.4 Å². The van der Waals surface area contributed by atoms with Gasteiger partial charge in [0.05, 0.1) is 5.02 Å². The van der Waals surface area contributed by atoms with Crippen molar-refractivity contribution < 1.29 is 19.0 Å². The van der Waals surface area contributed by atoms with E-state index in [2.05, 4.69) is 15.5 Å². The summed E-state index contributed by atoms with van der Waals surface area (Å²) in [6.07, 6.45) is 1.49. The number of ether oxygens (including phenoxy) is 3. The van der Waals surface area contributed by atoms with E-state index in [4.69, 9.17) is 25.8 Å². The quantitative estimate of drug-likeness (QED) is 0.148. The third-order valence-corrected chi connectivity index (χ3v) is 5.92. The first-order valence-corrected chi connectivity index (χ1v) is 12.3. The van der Waals surface area contributed by atoms with Gasteiger partial charge in [0.1, 0.15) is 48.7 Å². The number of rotatable bonds is 11. The van der Waals surface area contributed by atoms with Crippen molar-refractivity contribution in [1.29, 1.82) is 5.26 Å². The van der Waals surface area contributed by atoms with Crippen LogP contribution in [-0.4, -0.2) is 29.3 Å². The fourth-order valence-corrected chi connectivity index (χ4v) is 3.88. The van der Waals surface area contributed by atoms with Crippen LogP contribution in [-0.2, 0) is 11.4 Å². The average molecular weight is 533 g/mol. The van der Waals surface area contributed by atoms with E-state index >= 15 is 0 Å². The van der Waals surface area contributed by atoms with Gasteiger partial charge in [0, 0.05) is 0 Å². The first-order valence-electron chi connectivity index (χ1n) is 11.1. The lowest BCUT2D eigenvalue weighted by molar-refractivity contribution is -0.112. The molecule has 0 fully saturated rings. The Kier molecular flexibility index (Phi) is 9.07. The minimum absolute atomic E-state index is 0.0703. The predicted octanol–water partition coefficient (Wildman–Crippen LogP) is 5.77. The highest BCUT2D eigenvalue weighted by Crippen LogP contribution is 2.23. The van der Waals surface area contributed by atoms with Crippen LogP contribution in [0.4, 0.5) is 5.13 Å². The van der Waals surface area contributed by atoms with Crippen molar-refractivity contribution in [2.45, 2.75) is 6.61 Å². The van der Waals surface area contributed by atoms with E-state index < -0.39 is 5.91 Å². The normalized spacial score (nSPS) is 10.9. The summed E-state index contributed by atoms with van der Waals surface area (Å²) in [7, 11) is 0. The number of para-hydroxylation sites is 2. The number of aromatic nitrogens is 2. The number of nitrogens with zero attached hydrogens (tertiary/aromatic N) is 3. The van der Waals surface area contributed by atoms with Crippen LogP contribution in [0, 0.1) is 11.3 Å². The number of nitriles is 1. The van der Waals surface area contributed by atoms with Gasteiger partial charge in [0.25, 0.3) is 5.91 Å². The maximum absolute atomic E-state index is 12.6. The summed E-state index contributed by atoms with van der Waals surface area (Å²) in [4.78, 5) is 12.6. The van der Waals surface area contributed by atoms with Crippen LogP contribution in [0.3, 0.4) is 0 Å². The first kappa shape index (κ1) is 25.7. The van der Waals surface area contributed by atoms with Crippen molar-refractivity contribution in [3.8, 4) is 23.3 Å². The van der Waals surface area contributed by atoms with Crippen LogP contribution in [0.1, 0.15) is 10.6 Å². The Morgan fingerprint density at radius 1 is 0.919 bits per heavy atom. The molecule has 0 aliphatic heterocycles. The summed E-state index contributed by atoms with van der Waals surface area (Å²) in [5.41, 5.74) is 0.597. The van der Waals surface area contributed by atoms with Crippen LogP contribution >= 0.6 is 22.9 Å². The predicted molar refractivity (Wildman–Crippen MR) is 142 cm³/mol. The molecule has 1 heterocycles. The Bertz CT molecular complexity index is 1400. The summed E-state index contributed by atoms with van der Waals surface area (Å²) >= 11 is 7.24. The van der Waals surface area contributed by atoms with E-state index in [0.717, 1.165) is 0 Å². The van der Waals surface area contributed by atoms with Crippen molar-refractivity contribution in [3.63, 3.8) is 0 Å². The largest absolute Gasteiger partial charge is 0.490 e. The van der Waals surface area contributed by atoms with Crippen LogP contribution < -0.4 is 19.5 Å². The number of carbonyl (C=O) groups excluding carboxylic acids is 1. The van der Waals surface area contributed by atoms with E-state index in [1.54, 1.807) is 36.4 Å². The van der Waals surface area contributed by atoms with Gasteiger partial charge in [-0.1, -0.05) is 65.4 Å². The number of amides is 1. The van der Waals surface area contributed by atoms with E-state index in [9.17, 15) is 10.1 Å². The molecule has 0 spiro atoms. The molecule has 0 aliphatic carbocycles. The molecule has 0 saturated carbocycles. The van der Waals surface area contributed by atoms with Gasteiger partial charge in [-0.25, -0.2) is 0 Å². The van der Waals surface area contributed by atoms with Gasteiger partial charge in [-0.15, -0.1) is 10.2 Å². The maximum Gasteiger partial charge on any atom is 0.268 e. The zero-order valence-corrected chi connectivity index (χ0v) is 21.0. The minimum atomic E-state index is -0.578. The van der Waals surface area contributed by atoms with Crippen LogP contribution in [0.5, 0.6) is 17.2 Å². The number of halogens is 1. The lowest BCUT2D eigenvalue weighted by Crippen LogP contribution is -2.13. The molecule has 0 saturated heterocycles. The molecule has 4 rings (SSSR count). The summed E-state index contributed by atoms with van der Waals surface area (Å²) in [6.45, 7) is 0.876. The van der Waals surface area contributed by atoms with Gasteiger partial charge in [0.15, 0.2) is 5.01 Å². The molecule has 0 aliphatic rings. The Balaban J connectivity index is 1.26. The van der Waals surface area contributed by atoms with Crippen LogP contribution in [0.2, 0.25) is 5.02 Å². The molecule has 0 atom stereocenters. The average Bonchev–Trinajstić information content (AvgIpc) is 3.38. The fraction of sp³-hybridized carbons (Fsp3) is 0.111. The van der Waals surface area contributed by atoms with E-state index in [1.165, 1.54) is 17.4 Å². The second kappa shape index (κ2) is 13.1.